The first-order valence-electron chi connectivity index (χ1n) is 10.2. The van der Waals surface area contributed by atoms with E-state index in [4.69, 9.17) is 4.74 Å². The summed E-state index contributed by atoms with van der Waals surface area (Å²) in [5, 5.41) is 9.39. The molecule has 4 nitrogen and oxygen atoms in total. The Morgan fingerprint density at radius 1 is 0.880 bits per heavy atom. The molecule has 0 amide bonds. The molecule has 0 spiro atoms. The number of carboxylic acids is 1. The zero-order chi connectivity index (χ0) is 18.8. The number of hydrogen-bond acceptors (Lipinski definition) is 3. The molecule has 3 unspecified atom stereocenters. The van der Waals surface area contributed by atoms with Crippen LogP contribution in [0.4, 0.5) is 0 Å². The normalized spacial score (nSPS) is 22.2. The highest BCUT2D eigenvalue weighted by Crippen LogP contribution is 2.32. The molecule has 1 fully saturated rings. The second-order valence-corrected chi connectivity index (χ2v) is 8.54. The minimum Gasteiger partial charge on any atom is -0.481 e. The first-order chi connectivity index (χ1) is 11.8. The molecule has 4 heteroatoms. The van der Waals surface area contributed by atoms with Gasteiger partial charge in [-0.25, -0.2) is 0 Å². The molecule has 0 saturated heterocycles. The third kappa shape index (κ3) is 8.73. The number of carboxylic acid groups (broad SMARTS) is 1. The minimum absolute atomic E-state index is 0.0570. The summed E-state index contributed by atoms with van der Waals surface area (Å²) in [4.78, 5) is 24.1. The highest BCUT2D eigenvalue weighted by atomic mass is 16.5. The fraction of sp³-hybridized carbons (Fsp3) is 0.905. The summed E-state index contributed by atoms with van der Waals surface area (Å²) in [7, 11) is 0. The van der Waals surface area contributed by atoms with Crippen molar-refractivity contribution in [2.24, 2.45) is 23.7 Å². The molecule has 0 aromatic carbocycles. The number of hydrogen-bond donors (Lipinski definition) is 1. The molecular weight excluding hydrogens is 316 g/mol. The van der Waals surface area contributed by atoms with Gasteiger partial charge in [-0.3, -0.25) is 9.59 Å². The van der Waals surface area contributed by atoms with Crippen molar-refractivity contribution >= 4 is 11.9 Å². The Hall–Kier alpha value is -1.06. The molecule has 0 aliphatic heterocycles. The van der Waals surface area contributed by atoms with Gasteiger partial charge < -0.3 is 9.84 Å². The number of ether oxygens (including phenoxy) is 1. The van der Waals surface area contributed by atoms with E-state index in [1.807, 2.05) is 0 Å². The number of rotatable bonds is 11. The van der Waals surface area contributed by atoms with E-state index in [9.17, 15) is 14.7 Å². The lowest BCUT2D eigenvalue weighted by Crippen LogP contribution is -2.35. The van der Waals surface area contributed by atoms with Crippen molar-refractivity contribution in [1.82, 2.24) is 0 Å². The summed E-state index contributed by atoms with van der Waals surface area (Å²) in [6.07, 6.45) is 9.27. The summed E-state index contributed by atoms with van der Waals surface area (Å²) < 4.78 is 5.83. The largest absolute Gasteiger partial charge is 0.481 e. The van der Waals surface area contributed by atoms with Gasteiger partial charge in [0.2, 0.25) is 0 Å². The number of carbonyl (C=O) groups excluding carboxylic acids is 1. The van der Waals surface area contributed by atoms with Gasteiger partial charge in [-0.1, -0.05) is 53.4 Å². The Kier molecular flexibility index (Phi) is 10.1. The van der Waals surface area contributed by atoms with Crippen LogP contribution in [-0.2, 0) is 14.3 Å². The van der Waals surface area contributed by atoms with Crippen LogP contribution in [0.1, 0.15) is 91.9 Å². The van der Waals surface area contributed by atoms with E-state index >= 15 is 0 Å². The van der Waals surface area contributed by atoms with Gasteiger partial charge in [-0.2, -0.15) is 0 Å². The monoisotopic (exact) mass is 354 g/mol. The highest BCUT2D eigenvalue weighted by molar-refractivity contribution is 5.81. The van der Waals surface area contributed by atoms with E-state index in [0.717, 1.165) is 44.9 Å². The number of carbonyl (C=O) groups is 2. The van der Waals surface area contributed by atoms with Crippen LogP contribution in [-0.4, -0.2) is 23.1 Å². The van der Waals surface area contributed by atoms with Crippen molar-refractivity contribution < 1.29 is 19.4 Å². The van der Waals surface area contributed by atoms with Gasteiger partial charge in [-0.15, -0.1) is 0 Å². The van der Waals surface area contributed by atoms with Crippen LogP contribution < -0.4 is 0 Å². The first-order valence-corrected chi connectivity index (χ1v) is 10.2. The van der Waals surface area contributed by atoms with Crippen LogP contribution in [0.3, 0.4) is 0 Å². The number of esters is 1. The molecule has 0 aromatic heterocycles. The molecule has 1 aliphatic rings. The lowest BCUT2D eigenvalue weighted by Gasteiger charge is -2.29. The summed E-state index contributed by atoms with van der Waals surface area (Å²) in [6.45, 7) is 8.81. The summed E-state index contributed by atoms with van der Waals surface area (Å²) in [5.41, 5.74) is 0. The van der Waals surface area contributed by atoms with Gasteiger partial charge in [0.1, 0.15) is 6.10 Å². The quantitative estimate of drug-likeness (QED) is 0.396. The van der Waals surface area contributed by atoms with Crippen molar-refractivity contribution in [3.63, 3.8) is 0 Å². The molecule has 0 bridgehead atoms. The van der Waals surface area contributed by atoms with E-state index in [1.165, 1.54) is 6.42 Å². The molecule has 3 atom stereocenters. The van der Waals surface area contributed by atoms with E-state index in [0.29, 0.717) is 24.7 Å². The predicted octanol–water partition coefficient (Wildman–Crippen LogP) is 5.44. The van der Waals surface area contributed by atoms with Crippen LogP contribution in [0.5, 0.6) is 0 Å². The minimum atomic E-state index is -0.850. The molecule has 1 rings (SSSR count). The van der Waals surface area contributed by atoms with Gasteiger partial charge in [0.05, 0.1) is 11.8 Å². The van der Waals surface area contributed by atoms with Crippen LogP contribution in [0.2, 0.25) is 0 Å². The van der Waals surface area contributed by atoms with E-state index in [-0.39, 0.29) is 12.1 Å². The lowest BCUT2D eigenvalue weighted by molar-refractivity contribution is -0.164. The fourth-order valence-electron chi connectivity index (χ4n) is 3.67. The zero-order valence-corrected chi connectivity index (χ0v) is 16.6. The standard InChI is InChI=1S/C21H38O4/c1-15(2)9-5-6-10-17(14-13-16(3)4)25-21(24)19-12-8-7-11-18(19)20(22)23/h15-19H,5-14H2,1-4H3,(H,22,23). The van der Waals surface area contributed by atoms with E-state index < -0.39 is 17.8 Å². The SMILES string of the molecule is CC(C)CCCCC(CCC(C)C)OC(=O)C1CCCCC1C(=O)O. The maximum Gasteiger partial charge on any atom is 0.310 e. The third-order valence-electron chi connectivity index (χ3n) is 5.29. The molecule has 1 saturated carbocycles. The molecule has 1 aliphatic carbocycles. The zero-order valence-electron chi connectivity index (χ0n) is 16.6. The van der Waals surface area contributed by atoms with Crippen LogP contribution >= 0.6 is 0 Å². The van der Waals surface area contributed by atoms with Crippen molar-refractivity contribution in [2.45, 2.75) is 98.0 Å². The Labute approximate surface area is 153 Å². The smallest absolute Gasteiger partial charge is 0.310 e. The van der Waals surface area contributed by atoms with Crippen LogP contribution in [0.25, 0.3) is 0 Å². The van der Waals surface area contributed by atoms with Crippen LogP contribution in [0, 0.1) is 23.7 Å². The molecule has 0 aromatic rings. The maximum absolute atomic E-state index is 12.6. The average Bonchev–Trinajstić information content (AvgIpc) is 2.55. The topological polar surface area (TPSA) is 63.6 Å². The van der Waals surface area contributed by atoms with Gasteiger partial charge >= 0.3 is 11.9 Å². The molecule has 1 N–H and O–H groups in total. The highest BCUT2D eigenvalue weighted by Gasteiger charge is 2.37. The molecule has 25 heavy (non-hydrogen) atoms. The van der Waals surface area contributed by atoms with Crippen molar-refractivity contribution in [3.05, 3.63) is 0 Å². The molecule has 146 valence electrons. The Bertz CT molecular complexity index is 403. The maximum atomic E-state index is 12.6. The molecular formula is C21H38O4. The van der Waals surface area contributed by atoms with Gasteiger partial charge in [0.25, 0.3) is 0 Å². The molecule has 0 radical (unpaired) electrons. The van der Waals surface area contributed by atoms with Gasteiger partial charge in [0.15, 0.2) is 0 Å². The predicted molar refractivity (Wildman–Crippen MR) is 100 cm³/mol. The van der Waals surface area contributed by atoms with Gasteiger partial charge in [-0.05, 0) is 50.4 Å². The fourth-order valence-corrected chi connectivity index (χ4v) is 3.67. The van der Waals surface area contributed by atoms with E-state index in [2.05, 4.69) is 27.7 Å². The number of aliphatic carboxylic acids is 1. The summed E-state index contributed by atoms with van der Waals surface area (Å²) >= 11 is 0. The molecule has 0 heterocycles. The van der Waals surface area contributed by atoms with Gasteiger partial charge in [0, 0.05) is 0 Å². The Morgan fingerprint density at radius 2 is 1.44 bits per heavy atom. The van der Waals surface area contributed by atoms with Crippen LogP contribution in [0.15, 0.2) is 0 Å². The van der Waals surface area contributed by atoms with Crippen molar-refractivity contribution in [2.75, 3.05) is 0 Å². The Balaban J connectivity index is 2.57. The number of unbranched alkanes of at least 4 members (excludes halogenated alkanes) is 1. The average molecular weight is 355 g/mol. The van der Waals surface area contributed by atoms with E-state index in [1.54, 1.807) is 0 Å². The second kappa shape index (κ2) is 11.5. The second-order valence-electron chi connectivity index (χ2n) is 8.54. The summed E-state index contributed by atoms with van der Waals surface area (Å²) in [5.74, 6) is -0.855. The van der Waals surface area contributed by atoms with Crippen molar-refractivity contribution in [1.29, 1.82) is 0 Å². The summed E-state index contributed by atoms with van der Waals surface area (Å²) in [6, 6.07) is 0. The third-order valence-corrected chi connectivity index (χ3v) is 5.29. The Morgan fingerprint density at radius 3 is 2.00 bits per heavy atom. The lowest BCUT2D eigenvalue weighted by atomic mass is 9.79. The van der Waals surface area contributed by atoms with Crippen molar-refractivity contribution in [3.8, 4) is 0 Å². The first kappa shape index (κ1) is 22.0.